The van der Waals surface area contributed by atoms with Crippen molar-refractivity contribution in [3.05, 3.63) is 29.8 Å². The molecule has 1 fully saturated rings. The predicted molar refractivity (Wildman–Crippen MR) is 104 cm³/mol. The van der Waals surface area contributed by atoms with Gasteiger partial charge in [0.05, 0.1) is 18.2 Å². The lowest BCUT2D eigenvalue weighted by atomic mass is 10.1. The summed E-state index contributed by atoms with van der Waals surface area (Å²) < 4.78 is 0. The number of urea groups is 1. The molecular formula is C19H26N6O3. The Labute approximate surface area is 164 Å². The molecule has 150 valence electrons. The van der Waals surface area contributed by atoms with Gasteiger partial charge in [-0.3, -0.25) is 14.5 Å². The number of rotatable bonds is 7. The molecule has 0 aromatic heterocycles. The van der Waals surface area contributed by atoms with Crippen LogP contribution in [0.15, 0.2) is 24.3 Å². The summed E-state index contributed by atoms with van der Waals surface area (Å²) in [7, 11) is 0. The van der Waals surface area contributed by atoms with Crippen molar-refractivity contribution in [2.75, 3.05) is 38.0 Å². The Bertz CT molecular complexity index is 720. The van der Waals surface area contributed by atoms with Crippen molar-refractivity contribution in [2.45, 2.75) is 25.8 Å². The summed E-state index contributed by atoms with van der Waals surface area (Å²) in [5.41, 5.74) is 1.21. The van der Waals surface area contributed by atoms with E-state index in [1.807, 2.05) is 11.0 Å². The number of piperidine rings is 1. The number of anilines is 1. The zero-order valence-electron chi connectivity index (χ0n) is 16.0. The van der Waals surface area contributed by atoms with Crippen LogP contribution in [-0.4, -0.2) is 61.5 Å². The monoisotopic (exact) mass is 386 g/mol. The normalized spacial score (nSPS) is 14.6. The third-order valence-electron chi connectivity index (χ3n) is 4.37. The van der Waals surface area contributed by atoms with Crippen molar-refractivity contribution in [1.82, 2.24) is 20.9 Å². The standard InChI is InChI=1S/C19H26N6O3/c1-14(26)21-8-9-22-19(28)24-17-6-10-25(11-7-17)13-18(27)23-16-4-2-15(12-20)3-5-16/h2-5,17H,6-11,13H2,1H3,(H,21,26)(H,23,27)(H2,22,24,28). The second-order valence-electron chi connectivity index (χ2n) is 6.67. The molecule has 0 bridgehead atoms. The van der Waals surface area contributed by atoms with Gasteiger partial charge >= 0.3 is 6.03 Å². The van der Waals surface area contributed by atoms with Gasteiger partial charge in [-0.15, -0.1) is 0 Å². The number of hydrogen-bond acceptors (Lipinski definition) is 5. The van der Waals surface area contributed by atoms with Crippen molar-refractivity contribution < 1.29 is 14.4 Å². The van der Waals surface area contributed by atoms with Crippen LogP contribution >= 0.6 is 0 Å². The number of nitriles is 1. The highest BCUT2D eigenvalue weighted by Crippen LogP contribution is 2.12. The highest BCUT2D eigenvalue weighted by Gasteiger charge is 2.22. The minimum Gasteiger partial charge on any atom is -0.355 e. The first-order chi connectivity index (χ1) is 13.5. The zero-order valence-corrected chi connectivity index (χ0v) is 16.0. The number of hydrogen-bond donors (Lipinski definition) is 4. The van der Waals surface area contributed by atoms with E-state index >= 15 is 0 Å². The number of carbonyl (C=O) groups is 3. The van der Waals surface area contributed by atoms with Gasteiger partial charge in [0.15, 0.2) is 0 Å². The molecule has 0 unspecified atom stereocenters. The molecule has 2 rings (SSSR count). The Balaban J connectivity index is 1.63. The molecule has 0 saturated carbocycles. The van der Waals surface area contributed by atoms with E-state index < -0.39 is 0 Å². The van der Waals surface area contributed by atoms with E-state index in [4.69, 9.17) is 5.26 Å². The minimum absolute atomic E-state index is 0.0682. The van der Waals surface area contributed by atoms with E-state index in [9.17, 15) is 14.4 Å². The van der Waals surface area contributed by atoms with Crippen molar-refractivity contribution >= 4 is 23.5 Å². The summed E-state index contributed by atoms with van der Waals surface area (Å²) in [5.74, 6) is -0.232. The van der Waals surface area contributed by atoms with E-state index in [0.29, 0.717) is 24.3 Å². The molecule has 9 nitrogen and oxygen atoms in total. The maximum absolute atomic E-state index is 12.2. The summed E-state index contributed by atoms with van der Waals surface area (Å²) in [6, 6.07) is 8.59. The molecule has 1 aliphatic heterocycles. The molecule has 4 amide bonds. The maximum Gasteiger partial charge on any atom is 0.315 e. The minimum atomic E-state index is -0.248. The average molecular weight is 386 g/mol. The summed E-state index contributed by atoms with van der Waals surface area (Å²) in [6.07, 6.45) is 1.53. The van der Waals surface area contributed by atoms with E-state index in [2.05, 4.69) is 21.3 Å². The fourth-order valence-electron chi connectivity index (χ4n) is 2.92. The number of nitrogens with one attached hydrogen (secondary N) is 4. The van der Waals surface area contributed by atoms with E-state index in [-0.39, 0.29) is 30.4 Å². The predicted octanol–water partition coefficient (Wildman–Crippen LogP) is 0.396. The molecule has 1 aromatic carbocycles. The van der Waals surface area contributed by atoms with E-state index in [1.165, 1.54) is 6.92 Å². The number of nitrogens with zero attached hydrogens (tertiary/aromatic N) is 2. The van der Waals surface area contributed by atoms with E-state index in [0.717, 1.165) is 25.9 Å². The van der Waals surface area contributed by atoms with Crippen molar-refractivity contribution in [3.63, 3.8) is 0 Å². The van der Waals surface area contributed by atoms with Crippen LogP contribution in [0.5, 0.6) is 0 Å². The molecule has 4 N–H and O–H groups in total. The second-order valence-corrected chi connectivity index (χ2v) is 6.67. The third-order valence-corrected chi connectivity index (χ3v) is 4.37. The quantitative estimate of drug-likeness (QED) is 0.505. The summed E-state index contributed by atoms with van der Waals surface area (Å²) in [5, 5.41) is 19.8. The largest absolute Gasteiger partial charge is 0.355 e. The first kappa shape index (κ1) is 21.2. The van der Waals surface area contributed by atoms with Crippen LogP contribution in [0.25, 0.3) is 0 Å². The Morgan fingerprint density at radius 2 is 1.75 bits per heavy atom. The van der Waals surface area contributed by atoms with Crippen LogP contribution in [0, 0.1) is 11.3 Å². The zero-order chi connectivity index (χ0) is 20.4. The van der Waals surface area contributed by atoms with Crippen LogP contribution in [0.4, 0.5) is 10.5 Å². The number of carbonyl (C=O) groups excluding carboxylic acids is 3. The van der Waals surface area contributed by atoms with Crippen LogP contribution in [0.2, 0.25) is 0 Å². The lowest BCUT2D eigenvalue weighted by Gasteiger charge is -2.31. The van der Waals surface area contributed by atoms with Gasteiger partial charge in [0.25, 0.3) is 0 Å². The molecule has 1 heterocycles. The Hall–Kier alpha value is -3.12. The fraction of sp³-hybridized carbons (Fsp3) is 0.474. The maximum atomic E-state index is 12.2. The summed E-state index contributed by atoms with van der Waals surface area (Å²) in [4.78, 5) is 36.8. The average Bonchev–Trinajstić information content (AvgIpc) is 2.67. The molecular weight excluding hydrogens is 360 g/mol. The van der Waals surface area contributed by atoms with Gasteiger partial charge in [0, 0.05) is 44.8 Å². The first-order valence-electron chi connectivity index (χ1n) is 9.27. The molecule has 0 atom stereocenters. The lowest BCUT2D eigenvalue weighted by Crippen LogP contribution is -2.49. The fourth-order valence-corrected chi connectivity index (χ4v) is 2.92. The van der Waals surface area contributed by atoms with Gasteiger partial charge in [-0.2, -0.15) is 5.26 Å². The number of benzene rings is 1. The summed E-state index contributed by atoms with van der Waals surface area (Å²) in [6.45, 7) is 3.93. The van der Waals surface area contributed by atoms with Gasteiger partial charge in [0.2, 0.25) is 11.8 Å². The Morgan fingerprint density at radius 3 is 2.36 bits per heavy atom. The highest BCUT2D eigenvalue weighted by molar-refractivity contribution is 5.92. The number of amides is 4. The molecule has 0 spiro atoms. The molecule has 28 heavy (non-hydrogen) atoms. The summed E-state index contributed by atoms with van der Waals surface area (Å²) >= 11 is 0. The second kappa shape index (κ2) is 10.9. The Morgan fingerprint density at radius 1 is 1.11 bits per heavy atom. The van der Waals surface area contributed by atoms with Gasteiger partial charge in [-0.05, 0) is 37.1 Å². The van der Waals surface area contributed by atoms with Crippen molar-refractivity contribution in [3.8, 4) is 6.07 Å². The number of likely N-dealkylation sites (tertiary alicyclic amines) is 1. The van der Waals surface area contributed by atoms with Crippen LogP contribution in [0.3, 0.4) is 0 Å². The molecule has 1 saturated heterocycles. The SMILES string of the molecule is CC(=O)NCCNC(=O)NC1CCN(CC(=O)Nc2ccc(C#N)cc2)CC1. The van der Waals surface area contributed by atoms with Gasteiger partial charge in [0.1, 0.15) is 0 Å². The van der Waals surface area contributed by atoms with E-state index in [1.54, 1.807) is 24.3 Å². The van der Waals surface area contributed by atoms with Crippen LogP contribution in [-0.2, 0) is 9.59 Å². The van der Waals surface area contributed by atoms with Gasteiger partial charge in [-0.1, -0.05) is 0 Å². The highest BCUT2D eigenvalue weighted by atomic mass is 16.2. The van der Waals surface area contributed by atoms with Gasteiger partial charge in [-0.25, -0.2) is 4.79 Å². The van der Waals surface area contributed by atoms with Crippen molar-refractivity contribution in [1.29, 1.82) is 5.26 Å². The molecule has 1 aliphatic rings. The van der Waals surface area contributed by atoms with Gasteiger partial charge < -0.3 is 21.3 Å². The molecule has 1 aromatic rings. The first-order valence-corrected chi connectivity index (χ1v) is 9.27. The third kappa shape index (κ3) is 7.63. The molecule has 0 radical (unpaired) electrons. The smallest absolute Gasteiger partial charge is 0.315 e. The van der Waals surface area contributed by atoms with Crippen molar-refractivity contribution in [2.24, 2.45) is 0 Å². The lowest BCUT2D eigenvalue weighted by molar-refractivity contribution is -0.119. The van der Waals surface area contributed by atoms with Crippen LogP contribution in [0.1, 0.15) is 25.3 Å². The Kier molecular flexibility index (Phi) is 8.24. The van der Waals surface area contributed by atoms with Crippen LogP contribution < -0.4 is 21.3 Å². The molecule has 0 aliphatic carbocycles. The molecule has 9 heteroatoms. The topological polar surface area (TPSA) is 126 Å².